The summed E-state index contributed by atoms with van der Waals surface area (Å²) in [7, 11) is 0. The Morgan fingerprint density at radius 3 is 2.35 bits per heavy atom. The third-order valence-corrected chi connectivity index (χ3v) is 3.90. The first-order chi connectivity index (χ1) is 9.72. The Balaban J connectivity index is 2.22. The van der Waals surface area contributed by atoms with E-state index in [1.54, 1.807) is 24.3 Å². The van der Waals surface area contributed by atoms with E-state index in [9.17, 15) is 10.1 Å². The lowest BCUT2D eigenvalue weighted by atomic mass is 9.81. The average molecular weight is 267 g/mol. The van der Waals surface area contributed by atoms with Crippen molar-refractivity contribution < 1.29 is 4.79 Å². The van der Waals surface area contributed by atoms with Crippen molar-refractivity contribution in [2.45, 2.75) is 38.5 Å². The predicted octanol–water partition coefficient (Wildman–Crippen LogP) is 3.36. The van der Waals surface area contributed by atoms with Gasteiger partial charge in [-0.15, -0.1) is 0 Å². The Hall–Kier alpha value is -2.33. The van der Waals surface area contributed by atoms with Gasteiger partial charge in [-0.25, -0.2) is 0 Å². The van der Waals surface area contributed by atoms with Crippen LogP contribution in [-0.4, -0.2) is 5.91 Å². The van der Waals surface area contributed by atoms with E-state index in [0.717, 1.165) is 25.7 Å². The zero-order valence-corrected chi connectivity index (χ0v) is 11.4. The molecule has 1 aromatic rings. The van der Waals surface area contributed by atoms with Crippen molar-refractivity contribution in [1.29, 1.82) is 10.5 Å². The van der Waals surface area contributed by atoms with Crippen molar-refractivity contribution >= 4 is 11.6 Å². The number of carbonyl (C=O) groups excluding carboxylic acids is 1. The second-order valence-electron chi connectivity index (χ2n) is 5.22. The fraction of sp³-hybridized carbons (Fsp3) is 0.438. The minimum absolute atomic E-state index is 0.274. The molecule has 0 aliphatic heterocycles. The molecular formula is C16H17N3O. The Morgan fingerprint density at radius 2 is 1.75 bits per heavy atom. The van der Waals surface area contributed by atoms with E-state index in [-0.39, 0.29) is 5.91 Å². The summed E-state index contributed by atoms with van der Waals surface area (Å²) in [4.78, 5) is 12.5. The van der Waals surface area contributed by atoms with Crippen LogP contribution in [0.25, 0.3) is 0 Å². The number of nitrogens with one attached hydrogen (secondary N) is 1. The summed E-state index contributed by atoms with van der Waals surface area (Å²) in [5, 5.41) is 21.3. The first kappa shape index (κ1) is 14.1. The van der Waals surface area contributed by atoms with Crippen LogP contribution in [-0.2, 0) is 4.79 Å². The monoisotopic (exact) mass is 267 g/mol. The number of hydrogen-bond donors (Lipinski definition) is 1. The van der Waals surface area contributed by atoms with Crippen LogP contribution in [0.1, 0.15) is 44.1 Å². The molecule has 1 fully saturated rings. The van der Waals surface area contributed by atoms with Gasteiger partial charge in [0.05, 0.1) is 17.3 Å². The van der Waals surface area contributed by atoms with Gasteiger partial charge in [-0.1, -0.05) is 37.8 Å². The maximum atomic E-state index is 12.5. The van der Waals surface area contributed by atoms with Crippen LogP contribution in [0.3, 0.4) is 0 Å². The van der Waals surface area contributed by atoms with E-state index in [1.807, 2.05) is 6.07 Å². The number of benzene rings is 1. The van der Waals surface area contributed by atoms with Gasteiger partial charge in [0.25, 0.3) is 0 Å². The smallest absolute Gasteiger partial charge is 0.244 e. The molecule has 1 aliphatic carbocycles. The molecule has 0 aromatic heterocycles. The van der Waals surface area contributed by atoms with E-state index >= 15 is 0 Å². The minimum atomic E-state index is -0.945. The fourth-order valence-electron chi connectivity index (χ4n) is 2.65. The van der Waals surface area contributed by atoms with E-state index in [0.29, 0.717) is 24.1 Å². The zero-order chi connectivity index (χ0) is 14.4. The van der Waals surface area contributed by atoms with Gasteiger partial charge in [-0.3, -0.25) is 4.79 Å². The van der Waals surface area contributed by atoms with E-state index < -0.39 is 5.41 Å². The molecule has 0 atom stereocenters. The lowest BCUT2D eigenvalue weighted by Crippen LogP contribution is -2.34. The summed E-state index contributed by atoms with van der Waals surface area (Å²) in [6.07, 6.45) is 5.16. The Morgan fingerprint density at radius 1 is 1.10 bits per heavy atom. The number of amides is 1. The van der Waals surface area contributed by atoms with Crippen LogP contribution in [0.4, 0.5) is 5.69 Å². The summed E-state index contributed by atoms with van der Waals surface area (Å²) in [6.45, 7) is 0. The Kier molecular flexibility index (Phi) is 4.38. The average Bonchev–Trinajstić information content (AvgIpc) is 2.74. The maximum Gasteiger partial charge on any atom is 0.244 e. The van der Waals surface area contributed by atoms with Crippen molar-refractivity contribution in [2.75, 3.05) is 5.32 Å². The Bertz CT molecular complexity index is 572. The van der Waals surface area contributed by atoms with Crippen LogP contribution in [0.15, 0.2) is 24.3 Å². The SMILES string of the molecule is N#Cc1ccccc1NC(=O)C1(C#N)CCCCCC1. The molecule has 0 radical (unpaired) electrons. The largest absolute Gasteiger partial charge is 0.324 e. The molecule has 1 saturated carbocycles. The minimum Gasteiger partial charge on any atom is -0.324 e. The molecule has 102 valence electrons. The van der Waals surface area contributed by atoms with E-state index in [1.165, 1.54) is 0 Å². The molecule has 0 saturated heterocycles. The summed E-state index contributed by atoms with van der Waals surface area (Å²) < 4.78 is 0. The normalized spacial score (nSPS) is 17.3. The molecule has 1 aliphatic rings. The molecule has 2 rings (SSSR count). The summed E-state index contributed by atoms with van der Waals surface area (Å²) in [5.41, 5.74) is -0.0413. The summed E-state index contributed by atoms with van der Waals surface area (Å²) >= 11 is 0. The number of nitrogens with zero attached hydrogens (tertiary/aromatic N) is 2. The van der Waals surface area contributed by atoms with Gasteiger partial charge < -0.3 is 5.32 Å². The lowest BCUT2D eigenvalue weighted by molar-refractivity contribution is -0.123. The highest BCUT2D eigenvalue weighted by Gasteiger charge is 2.39. The highest BCUT2D eigenvalue weighted by Crippen LogP contribution is 2.35. The molecule has 0 heterocycles. The van der Waals surface area contributed by atoms with Crippen LogP contribution in [0, 0.1) is 28.1 Å². The molecular weight excluding hydrogens is 250 g/mol. The van der Waals surface area contributed by atoms with Gasteiger partial charge in [0.15, 0.2) is 0 Å². The molecule has 4 nitrogen and oxygen atoms in total. The standard InChI is InChI=1S/C16H17N3O/c17-11-13-7-3-4-8-14(13)19-15(20)16(12-18)9-5-1-2-6-10-16/h3-4,7-8H,1-2,5-6,9-10H2,(H,19,20). The quantitative estimate of drug-likeness (QED) is 0.834. The van der Waals surface area contributed by atoms with Crippen LogP contribution >= 0.6 is 0 Å². The number of nitriles is 2. The second kappa shape index (κ2) is 6.21. The molecule has 0 bridgehead atoms. The number of para-hydroxylation sites is 1. The number of rotatable bonds is 2. The molecule has 1 N–H and O–H groups in total. The third kappa shape index (κ3) is 2.81. The third-order valence-electron chi connectivity index (χ3n) is 3.90. The molecule has 0 spiro atoms. The Labute approximate surface area is 119 Å². The van der Waals surface area contributed by atoms with Gasteiger partial charge >= 0.3 is 0 Å². The first-order valence-corrected chi connectivity index (χ1v) is 6.94. The highest BCUT2D eigenvalue weighted by atomic mass is 16.2. The number of anilines is 1. The van der Waals surface area contributed by atoms with Crippen molar-refractivity contribution in [3.8, 4) is 12.1 Å². The van der Waals surface area contributed by atoms with Crippen molar-refractivity contribution in [2.24, 2.45) is 5.41 Å². The zero-order valence-electron chi connectivity index (χ0n) is 11.4. The highest BCUT2D eigenvalue weighted by molar-refractivity contribution is 5.98. The maximum absolute atomic E-state index is 12.5. The number of hydrogen-bond acceptors (Lipinski definition) is 3. The fourth-order valence-corrected chi connectivity index (χ4v) is 2.65. The summed E-state index contributed by atoms with van der Waals surface area (Å²) in [5.74, 6) is -0.274. The molecule has 1 amide bonds. The van der Waals surface area contributed by atoms with Gasteiger partial charge in [0.2, 0.25) is 5.91 Å². The predicted molar refractivity (Wildman–Crippen MR) is 75.5 cm³/mol. The van der Waals surface area contributed by atoms with Crippen molar-refractivity contribution in [1.82, 2.24) is 0 Å². The molecule has 4 heteroatoms. The van der Waals surface area contributed by atoms with Gasteiger partial charge in [0, 0.05) is 0 Å². The lowest BCUT2D eigenvalue weighted by Gasteiger charge is -2.23. The van der Waals surface area contributed by atoms with Crippen LogP contribution in [0.2, 0.25) is 0 Å². The van der Waals surface area contributed by atoms with E-state index in [4.69, 9.17) is 5.26 Å². The van der Waals surface area contributed by atoms with Crippen LogP contribution in [0.5, 0.6) is 0 Å². The number of carbonyl (C=O) groups is 1. The summed E-state index contributed by atoms with van der Waals surface area (Å²) in [6, 6.07) is 11.1. The molecule has 20 heavy (non-hydrogen) atoms. The van der Waals surface area contributed by atoms with Gasteiger partial charge in [-0.05, 0) is 25.0 Å². The van der Waals surface area contributed by atoms with Crippen molar-refractivity contribution in [3.63, 3.8) is 0 Å². The second-order valence-corrected chi connectivity index (χ2v) is 5.22. The first-order valence-electron chi connectivity index (χ1n) is 6.94. The van der Waals surface area contributed by atoms with Crippen molar-refractivity contribution in [3.05, 3.63) is 29.8 Å². The molecule has 1 aromatic carbocycles. The van der Waals surface area contributed by atoms with Gasteiger partial charge in [0.1, 0.15) is 11.5 Å². The molecule has 0 unspecified atom stereocenters. The van der Waals surface area contributed by atoms with Gasteiger partial charge in [-0.2, -0.15) is 10.5 Å². The van der Waals surface area contributed by atoms with Crippen LogP contribution < -0.4 is 5.32 Å². The van der Waals surface area contributed by atoms with E-state index in [2.05, 4.69) is 11.4 Å². The topological polar surface area (TPSA) is 76.7 Å².